The number of carbonyl (C=O) groups is 2. The van der Waals surface area contributed by atoms with Crippen molar-refractivity contribution in [3.8, 4) is 17.1 Å². The van der Waals surface area contributed by atoms with Gasteiger partial charge in [-0.05, 0) is 65.5 Å². The molecule has 1 saturated carbocycles. The average molecular weight is 446 g/mol. The van der Waals surface area contributed by atoms with Crippen molar-refractivity contribution in [2.75, 3.05) is 0 Å². The van der Waals surface area contributed by atoms with Crippen molar-refractivity contribution >= 4 is 12.1 Å². The summed E-state index contributed by atoms with van der Waals surface area (Å²) in [7, 11) is 1.74. The van der Waals surface area contributed by atoms with E-state index in [1.807, 2.05) is 13.0 Å². The second kappa shape index (κ2) is 9.54. The fraction of sp³-hybridized carbons (Fsp3) is 0.591. The lowest BCUT2D eigenvalue weighted by molar-refractivity contribution is -0.143. The van der Waals surface area contributed by atoms with Crippen LogP contribution in [0.2, 0.25) is 0 Å². The van der Waals surface area contributed by atoms with Crippen molar-refractivity contribution < 1.29 is 24.2 Å². The van der Waals surface area contributed by atoms with E-state index in [2.05, 4.69) is 20.6 Å². The summed E-state index contributed by atoms with van der Waals surface area (Å²) in [4.78, 5) is 27.9. The lowest BCUT2D eigenvalue weighted by Crippen LogP contribution is -2.32. The second-order valence-electron chi connectivity index (χ2n) is 9.09. The van der Waals surface area contributed by atoms with Gasteiger partial charge in [0, 0.05) is 7.05 Å². The normalized spacial score (nSPS) is 18.8. The number of nitrogens with one attached hydrogen (secondary N) is 1. The Morgan fingerprint density at radius 3 is 2.69 bits per heavy atom. The molecule has 1 aliphatic carbocycles. The molecule has 0 saturated heterocycles. The number of ether oxygens (including phenoxy) is 2. The van der Waals surface area contributed by atoms with Crippen molar-refractivity contribution in [1.82, 2.24) is 25.3 Å². The molecule has 3 rings (SSSR count). The SMILES string of the molecule is Cc1nc(-c2nnn(C)c2CNC(=O)OC(C)(C)C)ccc1O[C@H]1CCC[C@H](C(=O)O)C1. The minimum Gasteiger partial charge on any atom is -0.489 e. The van der Waals surface area contributed by atoms with E-state index in [1.165, 1.54) is 0 Å². The van der Waals surface area contributed by atoms with Crippen molar-refractivity contribution in [2.24, 2.45) is 13.0 Å². The molecular formula is C22H31N5O5. The van der Waals surface area contributed by atoms with Crippen LogP contribution in [0.15, 0.2) is 12.1 Å². The Hall–Kier alpha value is -3.17. The molecule has 174 valence electrons. The van der Waals surface area contributed by atoms with E-state index >= 15 is 0 Å². The topological polar surface area (TPSA) is 128 Å². The summed E-state index contributed by atoms with van der Waals surface area (Å²) >= 11 is 0. The summed E-state index contributed by atoms with van der Waals surface area (Å²) in [6, 6.07) is 3.61. The number of alkyl carbamates (subject to hydrolysis) is 1. The van der Waals surface area contributed by atoms with Crippen molar-refractivity contribution in [3.05, 3.63) is 23.5 Å². The van der Waals surface area contributed by atoms with Gasteiger partial charge in [-0.15, -0.1) is 5.10 Å². The number of carboxylic acids is 1. The Morgan fingerprint density at radius 1 is 1.28 bits per heavy atom. The number of hydrogen-bond donors (Lipinski definition) is 2. The van der Waals surface area contributed by atoms with Gasteiger partial charge < -0.3 is 19.9 Å². The van der Waals surface area contributed by atoms with E-state index in [9.17, 15) is 14.7 Å². The highest BCUT2D eigenvalue weighted by Crippen LogP contribution is 2.30. The molecule has 10 nitrogen and oxygen atoms in total. The molecule has 1 fully saturated rings. The van der Waals surface area contributed by atoms with Gasteiger partial charge in [0.05, 0.1) is 35.6 Å². The number of aromatic nitrogens is 4. The number of rotatable bonds is 6. The van der Waals surface area contributed by atoms with Crippen LogP contribution in [0.25, 0.3) is 11.4 Å². The predicted octanol–water partition coefficient (Wildman–Crippen LogP) is 3.23. The molecule has 0 unspecified atom stereocenters. The molecule has 2 heterocycles. The number of amides is 1. The standard InChI is InChI=1S/C22H31N5O5/c1-13-18(31-15-8-6-7-14(11-15)20(28)29)10-9-16(24-13)19-17(27(5)26-25-19)12-23-21(30)32-22(2,3)4/h9-10,14-15H,6-8,11-12H2,1-5H3,(H,23,30)(H,28,29)/t14-,15-/m0/s1. The van der Waals surface area contributed by atoms with Gasteiger partial charge in [-0.1, -0.05) is 5.21 Å². The molecule has 1 aliphatic rings. The lowest BCUT2D eigenvalue weighted by Gasteiger charge is -2.27. The minimum atomic E-state index is -0.765. The molecule has 2 atom stereocenters. The number of aliphatic carboxylic acids is 1. The van der Waals surface area contributed by atoms with Crippen LogP contribution in [0, 0.1) is 12.8 Å². The molecule has 0 bridgehead atoms. The van der Waals surface area contributed by atoms with E-state index in [4.69, 9.17) is 9.47 Å². The summed E-state index contributed by atoms with van der Waals surface area (Å²) in [5.41, 5.74) is 1.94. The molecule has 2 aromatic heterocycles. The summed E-state index contributed by atoms with van der Waals surface area (Å²) in [6.45, 7) is 7.43. The van der Waals surface area contributed by atoms with E-state index in [0.29, 0.717) is 41.4 Å². The zero-order chi connectivity index (χ0) is 23.5. The first-order chi connectivity index (χ1) is 15.0. The fourth-order valence-electron chi connectivity index (χ4n) is 3.70. The van der Waals surface area contributed by atoms with Crippen molar-refractivity contribution in [3.63, 3.8) is 0 Å². The summed E-state index contributed by atoms with van der Waals surface area (Å²) in [5, 5.41) is 20.3. The first kappa shape index (κ1) is 23.5. The Bertz CT molecular complexity index is 982. The molecule has 2 N–H and O–H groups in total. The first-order valence-corrected chi connectivity index (χ1v) is 10.8. The van der Waals surface area contributed by atoms with Crippen LogP contribution in [0.3, 0.4) is 0 Å². The highest BCUT2D eigenvalue weighted by atomic mass is 16.6. The van der Waals surface area contributed by atoms with E-state index in [0.717, 1.165) is 12.8 Å². The number of carboxylic acid groups (broad SMARTS) is 1. The van der Waals surface area contributed by atoms with Gasteiger partial charge in [-0.3, -0.25) is 4.79 Å². The Morgan fingerprint density at radius 2 is 2.03 bits per heavy atom. The maximum atomic E-state index is 12.0. The largest absolute Gasteiger partial charge is 0.489 e. The molecule has 2 aromatic rings. The molecule has 0 aromatic carbocycles. The van der Waals surface area contributed by atoms with Crippen LogP contribution in [0.1, 0.15) is 57.8 Å². The van der Waals surface area contributed by atoms with E-state index in [-0.39, 0.29) is 18.6 Å². The van der Waals surface area contributed by atoms with Gasteiger partial charge in [0.2, 0.25) is 0 Å². The Balaban J connectivity index is 1.71. The molecule has 0 aliphatic heterocycles. The number of nitrogens with zero attached hydrogens (tertiary/aromatic N) is 4. The van der Waals surface area contributed by atoms with Gasteiger partial charge in [-0.2, -0.15) is 0 Å². The quantitative estimate of drug-likeness (QED) is 0.693. The van der Waals surface area contributed by atoms with Crippen LogP contribution in [-0.2, 0) is 23.1 Å². The average Bonchev–Trinajstić information content (AvgIpc) is 3.07. The molecular weight excluding hydrogens is 414 g/mol. The highest BCUT2D eigenvalue weighted by Gasteiger charge is 2.28. The molecule has 1 amide bonds. The van der Waals surface area contributed by atoms with Crippen LogP contribution in [0.4, 0.5) is 4.79 Å². The third-order valence-corrected chi connectivity index (χ3v) is 5.29. The van der Waals surface area contributed by atoms with Crippen LogP contribution >= 0.6 is 0 Å². The number of aryl methyl sites for hydroxylation is 2. The van der Waals surface area contributed by atoms with Gasteiger partial charge in [0.25, 0.3) is 0 Å². The number of hydrogen-bond acceptors (Lipinski definition) is 7. The van der Waals surface area contributed by atoms with Gasteiger partial charge in [0.1, 0.15) is 17.0 Å². The lowest BCUT2D eigenvalue weighted by atomic mass is 9.87. The van der Waals surface area contributed by atoms with Gasteiger partial charge in [0.15, 0.2) is 0 Å². The Labute approximate surface area is 187 Å². The summed E-state index contributed by atoms with van der Waals surface area (Å²) in [6.07, 6.45) is 2.19. The zero-order valence-electron chi connectivity index (χ0n) is 19.2. The maximum Gasteiger partial charge on any atom is 0.407 e. The summed E-state index contributed by atoms with van der Waals surface area (Å²) in [5.74, 6) is -0.498. The van der Waals surface area contributed by atoms with Gasteiger partial charge in [-0.25, -0.2) is 14.5 Å². The van der Waals surface area contributed by atoms with Crippen LogP contribution < -0.4 is 10.1 Å². The maximum absolute atomic E-state index is 12.0. The number of carbonyl (C=O) groups excluding carboxylic acids is 1. The molecule has 10 heteroatoms. The molecule has 32 heavy (non-hydrogen) atoms. The Kier molecular flexibility index (Phi) is 7.00. The highest BCUT2D eigenvalue weighted by molar-refractivity contribution is 5.70. The van der Waals surface area contributed by atoms with Gasteiger partial charge >= 0.3 is 12.1 Å². The van der Waals surface area contributed by atoms with Crippen molar-refractivity contribution in [1.29, 1.82) is 0 Å². The monoisotopic (exact) mass is 445 g/mol. The predicted molar refractivity (Wildman–Crippen MR) is 116 cm³/mol. The van der Waals surface area contributed by atoms with Crippen LogP contribution in [0.5, 0.6) is 5.75 Å². The smallest absolute Gasteiger partial charge is 0.407 e. The minimum absolute atomic E-state index is 0.138. The zero-order valence-corrected chi connectivity index (χ0v) is 19.2. The summed E-state index contributed by atoms with van der Waals surface area (Å²) < 4.78 is 12.9. The fourth-order valence-corrected chi connectivity index (χ4v) is 3.70. The van der Waals surface area contributed by atoms with E-state index < -0.39 is 17.7 Å². The van der Waals surface area contributed by atoms with Crippen LogP contribution in [-0.4, -0.2) is 48.9 Å². The third-order valence-electron chi connectivity index (χ3n) is 5.29. The van der Waals surface area contributed by atoms with Crippen molar-refractivity contribution in [2.45, 2.75) is 71.6 Å². The number of pyridine rings is 1. The van der Waals surface area contributed by atoms with E-state index in [1.54, 1.807) is 38.6 Å². The second-order valence-corrected chi connectivity index (χ2v) is 9.09. The molecule has 0 spiro atoms. The third kappa shape index (κ3) is 5.95. The molecule has 0 radical (unpaired) electrons. The first-order valence-electron chi connectivity index (χ1n) is 10.8.